The van der Waals surface area contributed by atoms with Crippen LogP contribution in [0.4, 0.5) is 0 Å². The van der Waals surface area contributed by atoms with E-state index in [4.69, 9.17) is 14.4 Å². The van der Waals surface area contributed by atoms with Crippen LogP contribution in [0.25, 0.3) is 61.3 Å². The van der Waals surface area contributed by atoms with Crippen LogP contribution >= 0.6 is 0 Å². The Labute approximate surface area is 358 Å². The molecule has 0 aliphatic carbocycles. The fourth-order valence-corrected chi connectivity index (χ4v) is 9.64. The summed E-state index contributed by atoms with van der Waals surface area (Å²) in [6, 6.07) is 52.1. The predicted octanol–water partition coefficient (Wildman–Crippen LogP) is 13.3. The van der Waals surface area contributed by atoms with Crippen molar-refractivity contribution in [2.75, 3.05) is 0 Å². The van der Waals surface area contributed by atoms with Gasteiger partial charge in [-0.1, -0.05) is 134 Å². The van der Waals surface area contributed by atoms with Gasteiger partial charge < -0.3 is 14.0 Å². The van der Waals surface area contributed by atoms with Gasteiger partial charge in [0.25, 0.3) is 0 Å². The first-order valence-corrected chi connectivity index (χ1v) is 23.2. The number of nitrogens with zero attached hydrogens (tertiary/aromatic N) is 3. The minimum absolute atomic E-state index is 0. The van der Waals surface area contributed by atoms with Crippen LogP contribution in [0.3, 0.4) is 0 Å². The molecule has 0 saturated carbocycles. The molecular weight excluding hydrogens is 903 g/mol. The number of para-hydroxylation sites is 3. The first-order valence-electron chi connectivity index (χ1n) is 20.2. The molecule has 58 heavy (non-hydrogen) atoms. The van der Waals surface area contributed by atoms with Crippen molar-refractivity contribution in [1.82, 2.24) is 14.5 Å². The Kier molecular flexibility index (Phi) is 11.4. The second-order valence-electron chi connectivity index (χ2n) is 16.2. The summed E-state index contributed by atoms with van der Waals surface area (Å²) in [5, 5.41) is 3.46. The Morgan fingerprint density at radius 3 is 2.16 bits per heavy atom. The smallest absolute Gasteiger partial charge is 0.120 e. The molecule has 0 amide bonds. The molecule has 1 radical (unpaired) electrons. The van der Waals surface area contributed by atoms with Crippen LogP contribution in [0.2, 0.25) is 19.6 Å². The molecule has 0 N–H and O–H groups in total. The number of rotatable bonds is 7. The number of hydrogen-bond acceptors (Lipinski definition) is 3. The normalized spacial score (nSPS) is 13.3. The minimum atomic E-state index is -1.65. The number of fused-ring (bicyclic) bond motifs is 4. The monoisotopic (exact) mass is 953 g/mol. The van der Waals surface area contributed by atoms with E-state index < -0.39 is 14.0 Å². The van der Waals surface area contributed by atoms with Crippen molar-refractivity contribution < 1.29 is 25.9 Å². The summed E-state index contributed by atoms with van der Waals surface area (Å²) in [4.78, 5) is 9.80. The molecule has 4 nitrogen and oxygen atoms in total. The van der Waals surface area contributed by atoms with Crippen molar-refractivity contribution >= 4 is 46.2 Å². The zero-order valence-corrected chi connectivity index (χ0v) is 37.8. The van der Waals surface area contributed by atoms with Gasteiger partial charge in [0.15, 0.2) is 0 Å². The second kappa shape index (κ2) is 16.8. The third-order valence-electron chi connectivity index (χ3n) is 11.1. The third kappa shape index (κ3) is 7.89. The Balaban J connectivity index is 0.000000178. The Morgan fingerprint density at radius 2 is 1.43 bits per heavy atom. The first kappa shape index (κ1) is 39.4. The molecule has 0 bridgehead atoms. The van der Waals surface area contributed by atoms with Gasteiger partial charge in [0, 0.05) is 38.7 Å². The Bertz CT molecular complexity index is 2890. The number of benzene rings is 6. The molecule has 9 rings (SSSR count). The summed E-state index contributed by atoms with van der Waals surface area (Å²) in [7, 11) is -1.65. The maximum Gasteiger partial charge on any atom is 0.120 e. The molecule has 2 atom stereocenters. The van der Waals surface area contributed by atoms with E-state index in [9.17, 15) is 1.37 Å². The van der Waals surface area contributed by atoms with Crippen molar-refractivity contribution in [3.63, 3.8) is 0 Å². The van der Waals surface area contributed by atoms with Gasteiger partial charge in [-0.15, -0.1) is 54.1 Å². The van der Waals surface area contributed by atoms with Gasteiger partial charge in [0.05, 0.1) is 30.5 Å². The summed E-state index contributed by atoms with van der Waals surface area (Å²) < 4.78 is 18.0. The zero-order valence-electron chi connectivity index (χ0n) is 35.4. The standard InChI is InChI=1S/C28H21N2O.C24H28NSi.Ir/c1-17-15-18(2)26(19(3)16-17)30-24-13-6-5-12-23(24)29-28(30)22-11-8-10-21-20-9-4-7-14-25(20)31-27(21)22;1-18(20-12-8-6-9-13-20)19(2)22-16-23(21-14-10-7-11-15-21)25-17-24(22)26(3,4)5;/h4-10,12-16H,1-3H3;6-14,16-19H,1-5H3;/q2*-1;/i;19D;. The molecule has 9 aromatic rings. The molecular formula is C52H49IrN3OSi-2. The third-order valence-corrected chi connectivity index (χ3v) is 13.1. The zero-order chi connectivity index (χ0) is 40.8. The molecule has 6 aromatic carbocycles. The van der Waals surface area contributed by atoms with Crippen LogP contribution in [0, 0.1) is 32.9 Å². The van der Waals surface area contributed by atoms with E-state index in [0.29, 0.717) is 0 Å². The fraction of sp³-hybridized carbons (Fsp3) is 0.192. The summed E-state index contributed by atoms with van der Waals surface area (Å²) in [5.41, 5.74) is 13.6. The van der Waals surface area contributed by atoms with Crippen molar-refractivity contribution in [1.29, 1.82) is 0 Å². The van der Waals surface area contributed by atoms with Crippen LogP contribution in [-0.4, -0.2) is 22.6 Å². The maximum absolute atomic E-state index is 9.37. The topological polar surface area (TPSA) is 43.9 Å². The molecule has 0 aliphatic rings. The summed E-state index contributed by atoms with van der Waals surface area (Å²) in [6.07, 6.45) is 2.02. The summed E-state index contributed by atoms with van der Waals surface area (Å²) in [6.45, 7) is 17.6. The van der Waals surface area contributed by atoms with Gasteiger partial charge in [0.2, 0.25) is 0 Å². The number of imidazole rings is 1. The van der Waals surface area contributed by atoms with E-state index >= 15 is 0 Å². The molecule has 293 valence electrons. The number of hydrogen-bond donors (Lipinski definition) is 0. The molecule has 0 aliphatic heterocycles. The van der Waals surface area contributed by atoms with Gasteiger partial charge in [-0.3, -0.25) is 4.98 Å². The SMILES string of the molecule is Cc1cc(C)c(-n2c(-c3[c-]ccc4c3oc3ccccc34)nc3ccccc32)c(C)c1.[2H]C(C)(c1cc(-c2[c-]cccc2)ncc1[Si](C)(C)C)C(C)c1ccccc1.[Ir]. The number of furan rings is 1. The Hall–Kier alpha value is -5.39. The Morgan fingerprint density at radius 1 is 0.741 bits per heavy atom. The van der Waals surface area contributed by atoms with Gasteiger partial charge in [0.1, 0.15) is 5.58 Å². The molecule has 3 heterocycles. The average Bonchev–Trinajstić information content (AvgIpc) is 3.79. The molecule has 2 unspecified atom stereocenters. The number of pyridine rings is 1. The second-order valence-corrected chi connectivity index (χ2v) is 21.2. The van der Waals surface area contributed by atoms with E-state index in [-0.39, 0.29) is 26.0 Å². The summed E-state index contributed by atoms with van der Waals surface area (Å²) >= 11 is 0. The quantitative estimate of drug-likeness (QED) is 0.118. The van der Waals surface area contributed by atoms with Gasteiger partial charge in [-0.05, 0) is 78.4 Å². The van der Waals surface area contributed by atoms with E-state index in [1.165, 1.54) is 27.4 Å². The molecule has 0 spiro atoms. The predicted molar refractivity (Wildman–Crippen MR) is 242 cm³/mol. The van der Waals surface area contributed by atoms with Gasteiger partial charge in [-0.25, -0.2) is 0 Å². The van der Waals surface area contributed by atoms with E-state index in [1.54, 1.807) is 0 Å². The molecule has 6 heteroatoms. The van der Waals surface area contributed by atoms with Gasteiger partial charge >= 0.3 is 0 Å². The van der Waals surface area contributed by atoms with E-state index in [0.717, 1.165) is 66.9 Å². The molecule has 3 aromatic heterocycles. The van der Waals surface area contributed by atoms with Crippen molar-refractivity contribution in [2.45, 2.75) is 66.1 Å². The first-order chi connectivity index (χ1) is 27.8. The van der Waals surface area contributed by atoms with Gasteiger partial charge in [-0.2, -0.15) is 0 Å². The molecule has 0 saturated heterocycles. The van der Waals surface area contributed by atoms with Crippen molar-refractivity contribution in [2.24, 2.45) is 0 Å². The van der Waals surface area contributed by atoms with Crippen LogP contribution < -0.4 is 5.19 Å². The number of aromatic nitrogens is 3. The maximum atomic E-state index is 9.37. The van der Waals surface area contributed by atoms with E-state index in [1.807, 2.05) is 73.8 Å². The minimum Gasteiger partial charge on any atom is -0.501 e. The van der Waals surface area contributed by atoms with Crippen LogP contribution in [-0.2, 0) is 20.1 Å². The fourth-order valence-electron chi connectivity index (χ4n) is 8.11. The van der Waals surface area contributed by atoms with E-state index in [2.05, 4.69) is 137 Å². The van der Waals surface area contributed by atoms with Crippen LogP contribution in [0.5, 0.6) is 0 Å². The largest absolute Gasteiger partial charge is 0.501 e. The average molecular weight is 953 g/mol. The van der Waals surface area contributed by atoms with Crippen LogP contribution in [0.1, 0.15) is 54.8 Å². The number of aryl methyl sites for hydroxylation is 3. The van der Waals surface area contributed by atoms with Crippen LogP contribution in [0.15, 0.2) is 144 Å². The molecule has 0 fully saturated rings. The van der Waals surface area contributed by atoms with Crippen molar-refractivity contribution in [3.8, 4) is 28.3 Å². The van der Waals surface area contributed by atoms with Crippen molar-refractivity contribution in [3.05, 3.63) is 180 Å². The summed E-state index contributed by atoms with van der Waals surface area (Å²) in [5.74, 6) is 0.174.